The van der Waals surface area contributed by atoms with Crippen LogP contribution in [0, 0.1) is 5.92 Å². The Hall–Kier alpha value is -2.87. The van der Waals surface area contributed by atoms with E-state index >= 15 is 0 Å². The molecular formula is C19H33N5O8S. The summed E-state index contributed by atoms with van der Waals surface area (Å²) >= 11 is 1.40. The molecule has 0 saturated carbocycles. The molecule has 4 atom stereocenters. The van der Waals surface area contributed by atoms with E-state index in [-0.39, 0.29) is 19.3 Å². The van der Waals surface area contributed by atoms with Gasteiger partial charge in [-0.05, 0) is 30.8 Å². The summed E-state index contributed by atoms with van der Waals surface area (Å²) in [6, 6.07) is -4.99. The molecule has 0 aromatic heterocycles. The van der Waals surface area contributed by atoms with Gasteiger partial charge in [0.25, 0.3) is 0 Å². The maximum absolute atomic E-state index is 12.8. The molecule has 0 aromatic carbocycles. The van der Waals surface area contributed by atoms with Gasteiger partial charge in [0.2, 0.25) is 23.6 Å². The van der Waals surface area contributed by atoms with E-state index in [4.69, 9.17) is 16.6 Å². The molecule has 9 N–H and O–H groups in total. The second-order valence-electron chi connectivity index (χ2n) is 7.68. The Balaban J connectivity index is 5.40. The summed E-state index contributed by atoms with van der Waals surface area (Å²) in [5.74, 6) is -5.66. The predicted molar refractivity (Wildman–Crippen MR) is 120 cm³/mol. The first kappa shape index (κ1) is 30.1. The zero-order valence-electron chi connectivity index (χ0n) is 18.8. The van der Waals surface area contributed by atoms with Crippen LogP contribution in [0.2, 0.25) is 0 Å². The van der Waals surface area contributed by atoms with E-state index in [0.29, 0.717) is 5.75 Å². The lowest BCUT2D eigenvalue weighted by Crippen LogP contribution is -2.58. The van der Waals surface area contributed by atoms with Crippen LogP contribution in [0.5, 0.6) is 0 Å². The molecule has 0 bridgehead atoms. The monoisotopic (exact) mass is 491 g/mol. The fourth-order valence-electron chi connectivity index (χ4n) is 2.66. The number of hydrogen-bond donors (Lipinski definition) is 7. The van der Waals surface area contributed by atoms with Gasteiger partial charge in [-0.3, -0.25) is 24.0 Å². The summed E-state index contributed by atoms with van der Waals surface area (Å²) in [4.78, 5) is 70.8. The van der Waals surface area contributed by atoms with Crippen LogP contribution in [-0.2, 0) is 28.8 Å². The third kappa shape index (κ3) is 12.1. The van der Waals surface area contributed by atoms with Crippen LogP contribution in [0.4, 0.5) is 0 Å². The summed E-state index contributed by atoms with van der Waals surface area (Å²) in [7, 11) is 0. The second kappa shape index (κ2) is 15.1. The highest BCUT2D eigenvalue weighted by Crippen LogP contribution is 2.08. The van der Waals surface area contributed by atoms with Gasteiger partial charge in [0.15, 0.2) is 0 Å². The van der Waals surface area contributed by atoms with Gasteiger partial charge in [0, 0.05) is 6.42 Å². The third-order valence-corrected chi connectivity index (χ3v) is 5.16. The number of carbonyl (C=O) groups is 6. The van der Waals surface area contributed by atoms with Gasteiger partial charge in [0.1, 0.15) is 18.1 Å². The average Bonchev–Trinajstić information content (AvgIpc) is 2.70. The number of nitrogens with one attached hydrogen (secondary N) is 3. The molecule has 0 saturated heterocycles. The van der Waals surface area contributed by atoms with Crippen LogP contribution < -0.4 is 27.4 Å². The maximum Gasteiger partial charge on any atom is 0.326 e. The molecular weight excluding hydrogens is 458 g/mol. The molecule has 4 unspecified atom stereocenters. The van der Waals surface area contributed by atoms with E-state index < -0.39 is 72.1 Å². The standard InChI is InChI=1S/C19H33N5O8S/c1-9(2)15(24-16(28)10(20)8-14(26)27)18(30)22-11(6-7-33-3)17(29)23-12(19(31)32)4-5-13(21)25/h9-12,15H,4-8,20H2,1-3H3,(H2,21,25)(H,22,30)(H,23,29)(H,24,28)(H,26,27)(H,31,32). The highest BCUT2D eigenvalue weighted by atomic mass is 32.2. The van der Waals surface area contributed by atoms with E-state index in [1.165, 1.54) is 11.8 Å². The lowest BCUT2D eigenvalue weighted by atomic mass is 10.0. The number of carboxylic acid groups (broad SMARTS) is 2. The molecule has 4 amide bonds. The summed E-state index contributed by atoms with van der Waals surface area (Å²) in [5.41, 5.74) is 10.6. The van der Waals surface area contributed by atoms with E-state index in [9.17, 15) is 33.9 Å². The van der Waals surface area contributed by atoms with Crippen LogP contribution in [0.15, 0.2) is 0 Å². The van der Waals surface area contributed by atoms with Crippen LogP contribution in [0.25, 0.3) is 0 Å². The van der Waals surface area contributed by atoms with Crippen molar-refractivity contribution in [2.24, 2.45) is 17.4 Å². The van der Waals surface area contributed by atoms with Gasteiger partial charge in [-0.1, -0.05) is 13.8 Å². The average molecular weight is 492 g/mol. The summed E-state index contributed by atoms with van der Waals surface area (Å²) in [6.07, 6.45) is 0.852. The van der Waals surface area contributed by atoms with Crippen molar-refractivity contribution < 1.29 is 39.0 Å². The van der Waals surface area contributed by atoms with Gasteiger partial charge in [-0.25, -0.2) is 4.79 Å². The molecule has 0 aliphatic rings. The summed E-state index contributed by atoms with van der Waals surface area (Å²) in [6.45, 7) is 3.27. The molecule has 0 fully saturated rings. The maximum atomic E-state index is 12.8. The van der Waals surface area contributed by atoms with Crippen molar-refractivity contribution in [1.29, 1.82) is 0 Å². The second-order valence-corrected chi connectivity index (χ2v) is 8.67. The number of amides is 4. The number of nitrogens with two attached hydrogens (primary N) is 2. The first-order valence-electron chi connectivity index (χ1n) is 10.2. The quantitative estimate of drug-likeness (QED) is 0.125. The number of hydrogen-bond acceptors (Lipinski definition) is 8. The minimum absolute atomic E-state index is 0.165. The normalized spacial score (nSPS) is 14.5. The first-order chi connectivity index (χ1) is 15.3. The van der Waals surface area contributed by atoms with Crippen molar-refractivity contribution in [2.75, 3.05) is 12.0 Å². The Kier molecular flexibility index (Phi) is 13.7. The van der Waals surface area contributed by atoms with Crippen LogP contribution in [0.3, 0.4) is 0 Å². The van der Waals surface area contributed by atoms with Crippen molar-refractivity contribution in [2.45, 2.75) is 63.7 Å². The fourth-order valence-corrected chi connectivity index (χ4v) is 3.13. The van der Waals surface area contributed by atoms with Crippen LogP contribution >= 0.6 is 11.8 Å². The van der Waals surface area contributed by atoms with Gasteiger partial charge in [-0.2, -0.15) is 11.8 Å². The molecule has 33 heavy (non-hydrogen) atoms. The molecule has 0 heterocycles. The predicted octanol–water partition coefficient (Wildman–Crippen LogP) is -2.00. The largest absolute Gasteiger partial charge is 0.481 e. The SMILES string of the molecule is CSCCC(NC(=O)C(NC(=O)C(N)CC(=O)O)C(C)C)C(=O)NC(CCC(N)=O)C(=O)O. The Morgan fingerprint density at radius 2 is 1.45 bits per heavy atom. The van der Waals surface area contributed by atoms with Crippen molar-refractivity contribution >= 4 is 47.3 Å². The number of primary amides is 1. The molecule has 14 heteroatoms. The lowest BCUT2D eigenvalue weighted by molar-refractivity contribution is -0.142. The Labute approximate surface area is 195 Å². The number of aliphatic carboxylic acids is 2. The van der Waals surface area contributed by atoms with Crippen molar-refractivity contribution in [3.05, 3.63) is 0 Å². The lowest BCUT2D eigenvalue weighted by Gasteiger charge is -2.26. The van der Waals surface area contributed by atoms with E-state index in [1.54, 1.807) is 20.1 Å². The molecule has 0 spiro atoms. The minimum Gasteiger partial charge on any atom is -0.481 e. The molecule has 188 valence electrons. The summed E-state index contributed by atoms with van der Waals surface area (Å²) in [5, 5.41) is 25.3. The highest BCUT2D eigenvalue weighted by molar-refractivity contribution is 7.98. The number of rotatable bonds is 16. The smallest absolute Gasteiger partial charge is 0.326 e. The zero-order valence-corrected chi connectivity index (χ0v) is 19.6. The van der Waals surface area contributed by atoms with Crippen molar-refractivity contribution in [1.82, 2.24) is 16.0 Å². The molecule has 0 aromatic rings. The molecule has 0 aliphatic carbocycles. The molecule has 0 rings (SSSR count). The van der Waals surface area contributed by atoms with E-state index in [1.807, 2.05) is 0 Å². The van der Waals surface area contributed by atoms with Crippen molar-refractivity contribution in [3.63, 3.8) is 0 Å². The Bertz CT molecular complexity index is 733. The van der Waals surface area contributed by atoms with Gasteiger partial charge in [0.05, 0.1) is 12.5 Å². The fraction of sp³-hybridized carbons (Fsp3) is 0.684. The Morgan fingerprint density at radius 1 is 0.879 bits per heavy atom. The van der Waals surface area contributed by atoms with Gasteiger partial charge in [-0.15, -0.1) is 0 Å². The topological polar surface area (TPSA) is 231 Å². The zero-order chi connectivity index (χ0) is 25.7. The third-order valence-electron chi connectivity index (χ3n) is 4.52. The van der Waals surface area contributed by atoms with Crippen LogP contribution in [0.1, 0.15) is 39.5 Å². The van der Waals surface area contributed by atoms with Crippen LogP contribution in [-0.4, -0.2) is 82.0 Å². The summed E-state index contributed by atoms with van der Waals surface area (Å²) < 4.78 is 0. The molecule has 0 aliphatic heterocycles. The van der Waals surface area contributed by atoms with E-state index in [2.05, 4.69) is 16.0 Å². The first-order valence-corrected chi connectivity index (χ1v) is 11.6. The van der Waals surface area contributed by atoms with Crippen molar-refractivity contribution in [3.8, 4) is 0 Å². The molecule has 13 nitrogen and oxygen atoms in total. The van der Waals surface area contributed by atoms with E-state index in [0.717, 1.165) is 0 Å². The minimum atomic E-state index is -1.38. The van der Waals surface area contributed by atoms with Gasteiger partial charge < -0.3 is 37.6 Å². The highest BCUT2D eigenvalue weighted by Gasteiger charge is 2.31. The number of carbonyl (C=O) groups excluding carboxylic acids is 4. The number of thioether (sulfide) groups is 1. The molecule has 0 radical (unpaired) electrons. The Morgan fingerprint density at radius 3 is 1.91 bits per heavy atom. The van der Waals surface area contributed by atoms with Gasteiger partial charge >= 0.3 is 11.9 Å². The number of carboxylic acids is 2.